The fraction of sp³-hybridized carbons (Fsp3) is 0.474. The number of sulfone groups is 1. The Kier molecular flexibility index (Phi) is 5.92. The largest absolute Gasteiger partial charge is 0.398 e. The van der Waals surface area contributed by atoms with Crippen LogP contribution in [0.25, 0.3) is 11.3 Å². The smallest absolute Gasteiger partial charge is 0.252 e. The molecule has 1 atom stereocenters. The fourth-order valence-corrected chi connectivity index (χ4v) is 4.81. The van der Waals surface area contributed by atoms with Crippen molar-refractivity contribution in [1.29, 1.82) is 0 Å². The van der Waals surface area contributed by atoms with Gasteiger partial charge in [0.15, 0.2) is 15.7 Å². The first-order chi connectivity index (χ1) is 13.7. The van der Waals surface area contributed by atoms with Gasteiger partial charge in [-0.05, 0) is 19.1 Å². The number of rotatable bonds is 10. The summed E-state index contributed by atoms with van der Waals surface area (Å²) in [5.74, 6) is -4.02. The number of pyridine rings is 1. The SMILES string of the molecule is C=C(CCS(=O)(=O)CC1CC1(F)F)N(CC)c1cc(-c2cccnc2)nn1OC. The lowest BCUT2D eigenvalue weighted by atomic mass is 10.2. The molecule has 0 saturated heterocycles. The van der Waals surface area contributed by atoms with Gasteiger partial charge in [0.2, 0.25) is 0 Å². The van der Waals surface area contributed by atoms with Gasteiger partial charge in [-0.1, -0.05) is 11.4 Å². The van der Waals surface area contributed by atoms with Gasteiger partial charge in [-0.2, -0.15) is 0 Å². The summed E-state index contributed by atoms with van der Waals surface area (Å²) in [5.41, 5.74) is 1.98. The Morgan fingerprint density at radius 2 is 2.21 bits per heavy atom. The van der Waals surface area contributed by atoms with Crippen molar-refractivity contribution in [3.05, 3.63) is 42.9 Å². The van der Waals surface area contributed by atoms with Gasteiger partial charge in [-0.25, -0.2) is 17.2 Å². The van der Waals surface area contributed by atoms with Crippen molar-refractivity contribution in [3.8, 4) is 11.3 Å². The first kappa shape index (κ1) is 21.2. The van der Waals surface area contributed by atoms with Crippen molar-refractivity contribution in [2.24, 2.45) is 5.92 Å². The molecular formula is C19H24F2N4O3S. The monoisotopic (exact) mass is 426 g/mol. The molecule has 0 spiro atoms. The molecule has 3 rings (SSSR count). The highest BCUT2D eigenvalue weighted by molar-refractivity contribution is 7.91. The minimum absolute atomic E-state index is 0.131. The first-order valence-electron chi connectivity index (χ1n) is 9.25. The maximum Gasteiger partial charge on any atom is 0.252 e. The third-order valence-corrected chi connectivity index (χ3v) is 6.61. The number of nitrogens with zero attached hydrogens (tertiary/aromatic N) is 4. The van der Waals surface area contributed by atoms with Crippen LogP contribution < -0.4 is 9.74 Å². The van der Waals surface area contributed by atoms with E-state index in [0.717, 1.165) is 5.56 Å². The zero-order chi connectivity index (χ0) is 21.2. The van der Waals surface area contributed by atoms with Gasteiger partial charge in [0.05, 0.1) is 17.2 Å². The highest BCUT2D eigenvalue weighted by Gasteiger charge is 2.58. The summed E-state index contributed by atoms with van der Waals surface area (Å²) in [6, 6.07) is 5.46. The quantitative estimate of drug-likeness (QED) is 0.582. The second-order valence-electron chi connectivity index (χ2n) is 7.02. The van der Waals surface area contributed by atoms with Crippen molar-refractivity contribution in [1.82, 2.24) is 14.9 Å². The Hall–Kier alpha value is -2.49. The van der Waals surface area contributed by atoms with Crippen LogP contribution in [0.3, 0.4) is 0 Å². The molecule has 0 aromatic carbocycles. The molecule has 1 aliphatic rings. The molecule has 1 unspecified atom stereocenters. The molecule has 10 heteroatoms. The normalized spacial score (nSPS) is 17.7. The van der Waals surface area contributed by atoms with Crippen LogP contribution in [0.5, 0.6) is 0 Å². The fourth-order valence-electron chi connectivity index (χ4n) is 3.12. The molecule has 0 bridgehead atoms. The van der Waals surface area contributed by atoms with E-state index in [1.807, 2.05) is 13.0 Å². The predicted octanol–water partition coefficient (Wildman–Crippen LogP) is 2.80. The van der Waals surface area contributed by atoms with Gasteiger partial charge in [-0.15, -0.1) is 5.10 Å². The second kappa shape index (κ2) is 8.10. The summed E-state index contributed by atoms with van der Waals surface area (Å²) < 4.78 is 50.5. The van der Waals surface area contributed by atoms with Crippen molar-refractivity contribution < 1.29 is 22.0 Å². The summed E-state index contributed by atoms with van der Waals surface area (Å²) >= 11 is 0. The predicted molar refractivity (Wildman–Crippen MR) is 106 cm³/mol. The second-order valence-corrected chi connectivity index (χ2v) is 9.25. The van der Waals surface area contributed by atoms with Crippen LogP contribution in [0.4, 0.5) is 14.6 Å². The van der Waals surface area contributed by atoms with Gasteiger partial charge in [0.25, 0.3) is 5.92 Å². The van der Waals surface area contributed by atoms with Crippen LogP contribution in [0, 0.1) is 5.92 Å². The lowest BCUT2D eigenvalue weighted by Gasteiger charge is -2.24. The lowest BCUT2D eigenvalue weighted by molar-refractivity contribution is 0.103. The van der Waals surface area contributed by atoms with E-state index in [9.17, 15) is 17.2 Å². The van der Waals surface area contributed by atoms with Gasteiger partial charge in [-0.3, -0.25) is 4.98 Å². The molecule has 0 N–H and O–H groups in total. The number of hydrogen-bond donors (Lipinski definition) is 0. The number of alkyl halides is 2. The van der Waals surface area contributed by atoms with Gasteiger partial charge >= 0.3 is 0 Å². The van der Waals surface area contributed by atoms with Crippen LogP contribution >= 0.6 is 0 Å². The van der Waals surface area contributed by atoms with Crippen molar-refractivity contribution in [2.75, 3.05) is 30.1 Å². The molecule has 0 amide bonds. The highest BCUT2D eigenvalue weighted by Crippen LogP contribution is 2.49. The zero-order valence-corrected chi connectivity index (χ0v) is 17.2. The van der Waals surface area contributed by atoms with Crippen molar-refractivity contribution in [2.45, 2.75) is 25.7 Å². The van der Waals surface area contributed by atoms with Crippen LogP contribution in [0.2, 0.25) is 0 Å². The minimum atomic E-state index is -3.59. The Labute approximate surface area is 168 Å². The zero-order valence-electron chi connectivity index (χ0n) is 16.4. The molecule has 7 nitrogen and oxygen atoms in total. The van der Waals surface area contributed by atoms with Crippen molar-refractivity contribution in [3.63, 3.8) is 0 Å². The maximum absolute atomic E-state index is 13.0. The molecule has 1 saturated carbocycles. The molecule has 0 aliphatic heterocycles. The summed E-state index contributed by atoms with van der Waals surface area (Å²) in [4.78, 5) is 12.5. The Morgan fingerprint density at radius 3 is 2.76 bits per heavy atom. The van der Waals surface area contributed by atoms with Crippen LogP contribution in [-0.4, -0.2) is 54.4 Å². The molecule has 2 aromatic rings. The molecule has 2 heterocycles. The lowest BCUT2D eigenvalue weighted by Crippen LogP contribution is -2.27. The van der Waals surface area contributed by atoms with E-state index < -0.39 is 27.4 Å². The van der Waals surface area contributed by atoms with E-state index in [2.05, 4.69) is 16.7 Å². The molecule has 1 aliphatic carbocycles. The van der Waals surface area contributed by atoms with Crippen LogP contribution in [-0.2, 0) is 9.84 Å². The van der Waals surface area contributed by atoms with E-state index in [1.165, 1.54) is 12.0 Å². The van der Waals surface area contributed by atoms with Crippen molar-refractivity contribution >= 4 is 15.7 Å². The molecule has 0 radical (unpaired) electrons. The highest BCUT2D eigenvalue weighted by atomic mass is 32.2. The third-order valence-electron chi connectivity index (χ3n) is 4.88. The molecule has 2 aromatic heterocycles. The van der Waals surface area contributed by atoms with E-state index in [0.29, 0.717) is 23.8 Å². The minimum Gasteiger partial charge on any atom is -0.398 e. The van der Waals surface area contributed by atoms with Gasteiger partial charge < -0.3 is 9.74 Å². The molecular weight excluding hydrogens is 402 g/mol. The Bertz CT molecular complexity index is 977. The first-order valence-corrected chi connectivity index (χ1v) is 11.1. The van der Waals surface area contributed by atoms with Gasteiger partial charge in [0.1, 0.15) is 7.11 Å². The van der Waals surface area contributed by atoms with Crippen LogP contribution in [0.1, 0.15) is 19.8 Å². The summed E-state index contributed by atoms with van der Waals surface area (Å²) in [5, 5.41) is 4.39. The number of anilines is 1. The third kappa shape index (κ3) is 4.92. The van der Waals surface area contributed by atoms with E-state index >= 15 is 0 Å². The Balaban J connectivity index is 1.72. The summed E-state index contributed by atoms with van der Waals surface area (Å²) in [6.07, 6.45) is 3.12. The number of allylic oxidation sites excluding steroid dienone is 1. The topological polar surface area (TPSA) is 77.3 Å². The number of aromatic nitrogens is 3. The number of hydrogen-bond acceptors (Lipinski definition) is 6. The molecule has 158 valence electrons. The molecule has 1 fully saturated rings. The molecule has 29 heavy (non-hydrogen) atoms. The number of halogens is 2. The maximum atomic E-state index is 13.0. The standard InChI is InChI=1S/C19H24F2N4O3S/c1-4-24(14(2)7-9-29(26,27)13-16-11-19(16,20)21)18-10-17(23-25(18)28-3)15-6-5-8-22-12-15/h5-6,8,10,12,16H,2,4,7,9,11,13H2,1,3H3. The Morgan fingerprint density at radius 1 is 1.48 bits per heavy atom. The summed E-state index contributed by atoms with van der Waals surface area (Å²) in [6.45, 7) is 6.38. The summed E-state index contributed by atoms with van der Waals surface area (Å²) in [7, 11) is -2.12. The van der Waals surface area contributed by atoms with E-state index in [-0.39, 0.29) is 18.6 Å². The van der Waals surface area contributed by atoms with Crippen LogP contribution in [0.15, 0.2) is 42.9 Å². The average Bonchev–Trinajstić information content (AvgIpc) is 3.08. The van der Waals surface area contributed by atoms with E-state index in [1.54, 1.807) is 29.4 Å². The van der Waals surface area contributed by atoms with Gasteiger partial charge in [0, 0.05) is 55.0 Å². The average molecular weight is 426 g/mol. The van der Waals surface area contributed by atoms with E-state index in [4.69, 9.17) is 4.84 Å².